The van der Waals surface area contributed by atoms with Crippen LogP contribution in [-0.4, -0.2) is 52.5 Å². The fourth-order valence-electron chi connectivity index (χ4n) is 6.38. The molecule has 6 nitrogen and oxygen atoms in total. The van der Waals surface area contributed by atoms with Gasteiger partial charge in [-0.05, 0) is 96.0 Å². The van der Waals surface area contributed by atoms with E-state index in [2.05, 4.69) is 67.6 Å². The van der Waals surface area contributed by atoms with E-state index in [1.165, 1.54) is 34.7 Å². The van der Waals surface area contributed by atoms with E-state index in [0.29, 0.717) is 12.5 Å². The molecule has 0 aliphatic carbocycles. The molecule has 0 radical (unpaired) electrons. The molecule has 2 aliphatic heterocycles. The number of rotatable bonds is 4. The van der Waals surface area contributed by atoms with Crippen molar-refractivity contribution < 1.29 is 4.79 Å². The maximum absolute atomic E-state index is 12.4. The fourth-order valence-corrected chi connectivity index (χ4v) is 6.38. The summed E-state index contributed by atoms with van der Waals surface area (Å²) in [5, 5.41) is 2.39. The summed E-state index contributed by atoms with van der Waals surface area (Å²) in [6.45, 7) is 15.0. The molecule has 6 heteroatoms. The summed E-state index contributed by atoms with van der Waals surface area (Å²) < 4.78 is 0. The van der Waals surface area contributed by atoms with Crippen LogP contribution in [0, 0.1) is 12.3 Å². The lowest BCUT2D eigenvalue weighted by atomic mass is 9.77. The average molecular weight is 476 g/mol. The van der Waals surface area contributed by atoms with E-state index in [9.17, 15) is 4.79 Å². The number of hydrogen-bond acceptors (Lipinski definition) is 4. The zero-order chi connectivity index (χ0) is 25.0. The van der Waals surface area contributed by atoms with E-state index in [4.69, 9.17) is 10.7 Å². The molecule has 0 bridgehead atoms. The fraction of sp³-hybridized carbons (Fsp3) is 0.586. The van der Waals surface area contributed by atoms with Gasteiger partial charge in [-0.1, -0.05) is 19.1 Å². The molecule has 1 amide bonds. The van der Waals surface area contributed by atoms with Crippen LogP contribution in [0.25, 0.3) is 21.8 Å². The maximum atomic E-state index is 12.4. The first kappa shape index (κ1) is 24.1. The number of fused-ring (bicyclic) bond motifs is 3. The lowest BCUT2D eigenvalue weighted by Gasteiger charge is -2.41. The van der Waals surface area contributed by atoms with E-state index >= 15 is 0 Å². The largest absolute Gasteiger partial charge is 0.369 e. The molecular weight excluding hydrogens is 434 g/mol. The highest BCUT2D eigenvalue weighted by Crippen LogP contribution is 2.41. The van der Waals surface area contributed by atoms with Crippen LogP contribution >= 0.6 is 0 Å². The Morgan fingerprint density at radius 3 is 2.63 bits per heavy atom. The molecule has 1 atom stereocenters. The molecule has 2 fully saturated rings. The summed E-state index contributed by atoms with van der Waals surface area (Å²) in [7, 11) is 0. The SMILES string of the molecule is CCC1(C(N)=O)CCCN(c2ncc(C)c3[nH]c4cc(C5CCN(C(C)(C)C)CC5)ccc4c23)C1. The van der Waals surface area contributed by atoms with Gasteiger partial charge in [-0.2, -0.15) is 0 Å². The van der Waals surface area contributed by atoms with E-state index in [0.717, 1.165) is 55.8 Å². The van der Waals surface area contributed by atoms with E-state index in [-0.39, 0.29) is 11.4 Å². The number of likely N-dealkylation sites (tertiary alicyclic amines) is 1. The first-order valence-corrected chi connectivity index (χ1v) is 13.3. The van der Waals surface area contributed by atoms with Crippen LogP contribution in [0.15, 0.2) is 24.4 Å². The first-order valence-electron chi connectivity index (χ1n) is 13.3. The normalized spacial score (nSPS) is 22.8. The van der Waals surface area contributed by atoms with Gasteiger partial charge in [-0.25, -0.2) is 4.98 Å². The number of hydrogen-bond donors (Lipinski definition) is 2. The molecular formula is C29H41N5O. The van der Waals surface area contributed by atoms with E-state index in [1.54, 1.807) is 0 Å². The number of carbonyl (C=O) groups is 1. The molecule has 5 rings (SSSR count). The standard InChI is InChI=1S/C29H41N5O/c1-6-29(27(30)35)12-7-13-33(18-29)26-24-22-9-8-21(16-23(22)32-25(24)19(2)17-31-26)20-10-14-34(15-11-20)28(3,4)5/h8-9,16-17,20,32H,6-7,10-15,18H2,1-5H3,(H2,30,35). The summed E-state index contributed by atoms with van der Waals surface area (Å²) in [4.78, 5) is 25.9. The van der Waals surface area contributed by atoms with Crippen LogP contribution in [0.2, 0.25) is 0 Å². The topological polar surface area (TPSA) is 78.2 Å². The van der Waals surface area contributed by atoms with Crippen molar-refractivity contribution in [2.24, 2.45) is 11.1 Å². The number of primary amides is 1. The maximum Gasteiger partial charge on any atom is 0.225 e. The number of nitrogens with zero attached hydrogens (tertiary/aromatic N) is 3. The Labute approximate surface area is 209 Å². The molecule has 1 unspecified atom stereocenters. The quantitative estimate of drug-likeness (QED) is 0.523. The number of pyridine rings is 1. The molecule has 3 aromatic rings. The van der Waals surface area contributed by atoms with Crippen molar-refractivity contribution >= 4 is 33.5 Å². The van der Waals surface area contributed by atoms with Gasteiger partial charge < -0.3 is 15.6 Å². The highest BCUT2D eigenvalue weighted by molar-refractivity contribution is 6.13. The Hall–Kier alpha value is -2.60. The molecule has 2 aliphatic rings. The van der Waals surface area contributed by atoms with Crippen molar-refractivity contribution in [2.45, 2.75) is 78.2 Å². The van der Waals surface area contributed by atoms with Gasteiger partial charge in [-0.15, -0.1) is 0 Å². The van der Waals surface area contributed by atoms with Crippen molar-refractivity contribution in [3.05, 3.63) is 35.5 Å². The Bertz CT molecular complexity index is 1250. The number of piperidine rings is 2. The van der Waals surface area contributed by atoms with E-state index < -0.39 is 5.41 Å². The number of aryl methyl sites for hydroxylation is 1. The number of aromatic amines is 1. The second-order valence-corrected chi connectivity index (χ2v) is 11.9. The molecule has 0 spiro atoms. The van der Waals surface area contributed by atoms with Crippen LogP contribution in [0.3, 0.4) is 0 Å². The van der Waals surface area contributed by atoms with Crippen LogP contribution in [0.1, 0.15) is 76.8 Å². The Balaban J connectivity index is 1.50. The van der Waals surface area contributed by atoms with Crippen LogP contribution in [0.4, 0.5) is 5.82 Å². The lowest BCUT2D eigenvalue weighted by Crippen LogP contribution is -2.50. The molecule has 0 saturated carbocycles. The van der Waals surface area contributed by atoms with Gasteiger partial charge >= 0.3 is 0 Å². The molecule has 35 heavy (non-hydrogen) atoms. The number of H-pyrrole nitrogens is 1. The number of carbonyl (C=O) groups excluding carboxylic acids is 1. The lowest BCUT2D eigenvalue weighted by molar-refractivity contribution is -0.128. The number of nitrogens with two attached hydrogens (primary N) is 1. The van der Waals surface area contributed by atoms with Crippen molar-refractivity contribution in [2.75, 3.05) is 31.1 Å². The summed E-state index contributed by atoms with van der Waals surface area (Å²) in [6.07, 6.45) is 6.94. The van der Waals surface area contributed by atoms with Crippen LogP contribution in [0.5, 0.6) is 0 Å². The summed E-state index contributed by atoms with van der Waals surface area (Å²) in [6, 6.07) is 6.98. The number of nitrogens with one attached hydrogen (secondary N) is 1. The smallest absolute Gasteiger partial charge is 0.225 e. The Kier molecular flexibility index (Phi) is 6.07. The Morgan fingerprint density at radius 1 is 1.23 bits per heavy atom. The zero-order valence-corrected chi connectivity index (χ0v) is 22.1. The number of anilines is 1. The second-order valence-electron chi connectivity index (χ2n) is 11.9. The predicted octanol–water partition coefficient (Wildman–Crippen LogP) is 5.48. The Morgan fingerprint density at radius 2 is 1.97 bits per heavy atom. The third-order valence-corrected chi connectivity index (χ3v) is 8.81. The van der Waals surface area contributed by atoms with Gasteiger partial charge in [0, 0.05) is 35.7 Å². The highest BCUT2D eigenvalue weighted by atomic mass is 16.1. The second kappa shape index (κ2) is 8.81. The first-order chi connectivity index (χ1) is 16.6. The summed E-state index contributed by atoms with van der Waals surface area (Å²) >= 11 is 0. The third-order valence-electron chi connectivity index (χ3n) is 8.81. The highest BCUT2D eigenvalue weighted by Gasteiger charge is 2.40. The minimum absolute atomic E-state index is 0.186. The minimum atomic E-state index is -0.474. The van der Waals surface area contributed by atoms with Crippen molar-refractivity contribution in [3.8, 4) is 0 Å². The summed E-state index contributed by atoms with van der Waals surface area (Å²) in [5.74, 6) is 1.39. The predicted molar refractivity (Wildman–Crippen MR) is 145 cm³/mol. The van der Waals surface area contributed by atoms with Crippen LogP contribution in [-0.2, 0) is 4.79 Å². The van der Waals surface area contributed by atoms with E-state index in [1.807, 2.05) is 6.20 Å². The minimum Gasteiger partial charge on any atom is -0.369 e. The molecule has 188 valence electrons. The van der Waals surface area contributed by atoms with Crippen LogP contribution < -0.4 is 10.6 Å². The van der Waals surface area contributed by atoms with Crippen molar-refractivity contribution in [1.82, 2.24) is 14.9 Å². The molecule has 3 N–H and O–H groups in total. The van der Waals surface area contributed by atoms with Crippen molar-refractivity contribution in [3.63, 3.8) is 0 Å². The average Bonchev–Trinajstić information content (AvgIpc) is 3.23. The molecule has 2 aromatic heterocycles. The molecule has 4 heterocycles. The molecule has 1 aromatic carbocycles. The van der Waals surface area contributed by atoms with Gasteiger partial charge in [0.2, 0.25) is 5.91 Å². The van der Waals surface area contributed by atoms with Gasteiger partial charge in [0.15, 0.2) is 0 Å². The van der Waals surface area contributed by atoms with Crippen molar-refractivity contribution in [1.29, 1.82) is 0 Å². The monoisotopic (exact) mass is 475 g/mol. The summed E-state index contributed by atoms with van der Waals surface area (Å²) in [5.41, 5.74) is 10.6. The van der Waals surface area contributed by atoms with Gasteiger partial charge in [0.25, 0.3) is 0 Å². The number of benzene rings is 1. The number of aromatic nitrogens is 2. The molecule has 2 saturated heterocycles. The number of amides is 1. The van der Waals surface area contributed by atoms with Gasteiger partial charge in [0.1, 0.15) is 5.82 Å². The van der Waals surface area contributed by atoms with Gasteiger partial charge in [0.05, 0.1) is 16.3 Å². The van der Waals surface area contributed by atoms with Gasteiger partial charge in [-0.3, -0.25) is 9.69 Å². The third kappa shape index (κ3) is 4.20. The zero-order valence-electron chi connectivity index (χ0n) is 22.1.